The van der Waals surface area contributed by atoms with Gasteiger partial charge in [0.25, 0.3) is 0 Å². The first-order valence-electron chi connectivity index (χ1n) is 12.5. The molecule has 0 N–H and O–H groups in total. The van der Waals surface area contributed by atoms with Crippen molar-refractivity contribution in [2.45, 2.75) is 41.5 Å². The third kappa shape index (κ3) is 4.05. The molecule has 0 saturated heterocycles. The molecule has 2 aliphatic rings. The molecule has 0 amide bonds. The Morgan fingerprint density at radius 3 is 1.51 bits per heavy atom. The van der Waals surface area contributed by atoms with Gasteiger partial charge in [0.2, 0.25) is 0 Å². The van der Waals surface area contributed by atoms with Crippen LogP contribution in [-0.4, -0.2) is 6.94 Å². The molecule has 0 aliphatic heterocycles. The summed E-state index contributed by atoms with van der Waals surface area (Å²) < 4.78 is 7.64. The van der Waals surface area contributed by atoms with Crippen molar-refractivity contribution in [3.05, 3.63) is 107 Å². The molecule has 0 heterocycles. The smallest absolute Gasteiger partial charge is 0.147 e. The first kappa shape index (κ1) is 26.6. The number of hydrogen-bond acceptors (Lipinski definition) is 0. The molecule has 0 spiro atoms. The fraction of sp³-hybridized carbons (Fsp3) is 0.226. The van der Waals surface area contributed by atoms with Gasteiger partial charge in [0.1, 0.15) is 0 Å². The monoisotopic (exact) mass is 684 g/mol. The van der Waals surface area contributed by atoms with Gasteiger partial charge in [-0.1, -0.05) is 0 Å². The predicted octanol–water partition coefficient (Wildman–Crippen LogP) is 7.13. The van der Waals surface area contributed by atoms with Crippen molar-refractivity contribution in [2.75, 3.05) is 0 Å². The molecule has 6 rings (SSSR count). The van der Waals surface area contributed by atoms with Crippen LogP contribution in [0.3, 0.4) is 0 Å². The molecule has 4 aromatic rings. The Labute approximate surface area is 224 Å². The minimum atomic E-state index is -3.72. The van der Waals surface area contributed by atoms with Gasteiger partial charge in [-0.2, -0.15) is 0 Å². The van der Waals surface area contributed by atoms with E-state index in [1.807, 2.05) is 0 Å². The van der Waals surface area contributed by atoms with Crippen LogP contribution in [0.1, 0.15) is 42.0 Å². The average Bonchev–Trinajstić information content (AvgIpc) is 3.41. The van der Waals surface area contributed by atoms with E-state index in [0.29, 0.717) is 0 Å². The fourth-order valence-corrected chi connectivity index (χ4v) is 34.0. The maximum absolute atomic E-state index is 3.72. The molecule has 0 unspecified atom stereocenters. The van der Waals surface area contributed by atoms with Gasteiger partial charge in [-0.3, -0.25) is 0 Å². The Morgan fingerprint density at radius 2 is 1.06 bits per heavy atom. The summed E-state index contributed by atoms with van der Waals surface area (Å²) in [6.45, 7) is 4.82. The first-order chi connectivity index (χ1) is 16.0. The van der Waals surface area contributed by atoms with E-state index in [2.05, 4.69) is 103 Å². The summed E-state index contributed by atoms with van der Waals surface area (Å²) in [5.41, 5.74) is 12.2. The van der Waals surface area contributed by atoms with E-state index in [4.69, 9.17) is 0 Å². The minimum Gasteiger partial charge on any atom is -0.147 e. The zero-order valence-electron chi connectivity index (χ0n) is 20.6. The van der Waals surface area contributed by atoms with Crippen molar-refractivity contribution in [2.24, 2.45) is 0 Å². The normalized spacial score (nSPS) is 13.1. The van der Waals surface area contributed by atoms with Crippen molar-refractivity contribution in [3.63, 3.8) is 0 Å². The van der Waals surface area contributed by atoms with Gasteiger partial charge in [0.05, 0.1) is 0 Å². The second kappa shape index (κ2) is 9.78. The number of benzene rings is 4. The Hall–Kier alpha value is -1.45. The van der Waals surface area contributed by atoms with Crippen LogP contribution in [0.25, 0.3) is 22.3 Å². The predicted molar refractivity (Wildman–Crippen MR) is 157 cm³/mol. The van der Waals surface area contributed by atoms with Gasteiger partial charge in [0, 0.05) is 0 Å². The number of unbranched alkanes of at least 4 members (excludes halogenated alkanes) is 1. The maximum Gasteiger partial charge on any atom is -0.147 e. The SMILES string of the molecule is CCC[CH2][Hf]([CH3])(=[SiH2])([c]1cccc2c1Cc1ccccc1-2)[c]1cccc2c1Cc1ccccc1-2.Cl.Cl. The van der Waals surface area contributed by atoms with E-state index in [1.54, 1.807) is 17.8 Å². The second-order valence-electron chi connectivity index (χ2n) is 10.7. The molecule has 0 fully saturated rings. The molecule has 2 aliphatic carbocycles. The second-order valence-corrected chi connectivity index (χ2v) is 48.5. The van der Waals surface area contributed by atoms with E-state index < -0.39 is 17.1 Å². The minimum absolute atomic E-state index is 0. The van der Waals surface area contributed by atoms with Crippen molar-refractivity contribution in [1.29, 1.82) is 0 Å². The number of hydrogen-bond donors (Lipinski definition) is 0. The van der Waals surface area contributed by atoms with Crippen molar-refractivity contribution < 1.29 is 17.1 Å². The quantitative estimate of drug-likeness (QED) is 0.170. The Balaban J connectivity index is 0.00000144. The zero-order valence-corrected chi connectivity index (χ0v) is 27.3. The topological polar surface area (TPSA) is 0 Å². The number of fused-ring (bicyclic) bond motifs is 6. The molecule has 180 valence electrons. The van der Waals surface area contributed by atoms with Gasteiger partial charge in [-0.15, -0.1) is 24.8 Å². The summed E-state index contributed by atoms with van der Waals surface area (Å²) >= 11 is -3.72. The summed E-state index contributed by atoms with van der Waals surface area (Å²) in [4.78, 5) is 0. The molecule has 35 heavy (non-hydrogen) atoms. The van der Waals surface area contributed by atoms with Gasteiger partial charge in [0.15, 0.2) is 0 Å². The Morgan fingerprint density at radius 1 is 0.629 bits per heavy atom. The molecule has 0 bridgehead atoms. The maximum atomic E-state index is 2.77. The zero-order chi connectivity index (χ0) is 22.7. The van der Waals surface area contributed by atoms with Gasteiger partial charge in [-0.05, 0) is 0 Å². The van der Waals surface area contributed by atoms with Crippen LogP contribution < -0.4 is 6.64 Å². The van der Waals surface area contributed by atoms with Gasteiger partial charge in [-0.25, -0.2) is 0 Å². The van der Waals surface area contributed by atoms with Crippen LogP contribution in [0.2, 0.25) is 8.86 Å². The fourth-order valence-electron chi connectivity index (χ4n) is 6.75. The molecule has 4 aromatic carbocycles. The van der Waals surface area contributed by atoms with E-state index in [-0.39, 0.29) is 24.8 Å². The number of rotatable bonds is 5. The molecular formula is C31H34Cl2HfSi. The average molecular weight is 684 g/mol. The van der Waals surface area contributed by atoms with Crippen LogP contribution in [0.5, 0.6) is 0 Å². The van der Waals surface area contributed by atoms with Crippen LogP contribution >= 0.6 is 24.8 Å². The summed E-state index contributed by atoms with van der Waals surface area (Å²) in [7, 11) is 0. The molecule has 0 atom stereocenters. The van der Waals surface area contributed by atoms with Gasteiger partial charge >= 0.3 is 202 Å². The molecule has 0 aromatic heterocycles. The molecule has 4 heteroatoms. The summed E-state index contributed by atoms with van der Waals surface area (Å²) in [5, 5.41) is 0. The Kier molecular flexibility index (Phi) is 7.44. The van der Waals surface area contributed by atoms with E-state index >= 15 is 0 Å². The third-order valence-corrected chi connectivity index (χ3v) is 38.4. The van der Waals surface area contributed by atoms with E-state index in [1.165, 1.54) is 50.4 Å². The third-order valence-electron chi connectivity index (χ3n) is 8.48. The standard InChI is InChI=1S/2C13H9.C4H9.CH3.2ClH.Hf.H2Si/c2*1-3-7-12-10(5-1)9-11-6-2-4-8-13(11)12;1-3-4-2;;;;;/h2*1-5,7-8H,9H2;1,3-4H2,2H3;1H3;2*1H;;1H2. The molecular weight excluding hydrogens is 650 g/mol. The summed E-state index contributed by atoms with van der Waals surface area (Å²) in [5.74, 6) is 0. The molecule has 0 saturated carbocycles. The molecule has 0 nitrogen and oxygen atoms in total. The Bertz CT molecular complexity index is 1390. The first-order valence-corrected chi connectivity index (χ1v) is 30.5. The van der Waals surface area contributed by atoms with E-state index in [9.17, 15) is 0 Å². The largest absolute Gasteiger partial charge is 0.147 e. The van der Waals surface area contributed by atoms with Crippen molar-refractivity contribution in [3.8, 4) is 22.3 Å². The number of halogens is 2. The van der Waals surface area contributed by atoms with Crippen LogP contribution in [-0.2, 0) is 30.0 Å². The van der Waals surface area contributed by atoms with Crippen LogP contribution in [0.15, 0.2) is 84.9 Å². The summed E-state index contributed by atoms with van der Waals surface area (Å²) in [6.07, 6.45) is 4.79. The van der Waals surface area contributed by atoms with Gasteiger partial charge < -0.3 is 0 Å². The van der Waals surface area contributed by atoms with Crippen LogP contribution in [0.4, 0.5) is 0 Å². The van der Waals surface area contributed by atoms with Crippen LogP contribution in [0, 0.1) is 0 Å². The van der Waals surface area contributed by atoms with E-state index in [0.717, 1.165) is 12.8 Å². The molecule has 0 radical (unpaired) electrons. The summed E-state index contributed by atoms with van der Waals surface area (Å²) in [6, 6.07) is 32.6. The van der Waals surface area contributed by atoms with Crippen molar-refractivity contribution >= 4 is 38.4 Å². The van der Waals surface area contributed by atoms with Crippen molar-refractivity contribution in [1.82, 2.24) is 0 Å².